The van der Waals surface area contributed by atoms with Gasteiger partial charge in [-0.1, -0.05) is 30.3 Å². The Morgan fingerprint density at radius 1 is 1.43 bits per heavy atom. The van der Waals surface area contributed by atoms with Crippen LogP contribution in [0.3, 0.4) is 0 Å². The molecule has 0 aliphatic heterocycles. The van der Waals surface area contributed by atoms with Crippen LogP contribution in [0.5, 0.6) is 0 Å². The van der Waals surface area contributed by atoms with Crippen molar-refractivity contribution in [3.8, 4) is 12.3 Å². The summed E-state index contributed by atoms with van der Waals surface area (Å²) in [6.07, 6.45) is 5.25. The maximum absolute atomic E-state index is 12.0. The van der Waals surface area contributed by atoms with Crippen LogP contribution in [-0.2, 0) is 6.54 Å². The van der Waals surface area contributed by atoms with Gasteiger partial charge >= 0.3 is 0 Å². The van der Waals surface area contributed by atoms with Gasteiger partial charge in [-0.05, 0) is 5.92 Å². The number of quaternary nitrogens is 1. The summed E-state index contributed by atoms with van der Waals surface area (Å²) < 4.78 is -0.416. The highest BCUT2D eigenvalue weighted by atomic mass is 16.5. The van der Waals surface area contributed by atoms with Crippen molar-refractivity contribution >= 4 is 0 Å². The summed E-state index contributed by atoms with van der Waals surface area (Å²) >= 11 is 0. The molecule has 74 valence electrons. The van der Waals surface area contributed by atoms with Gasteiger partial charge in [0, 0.05) is 12.5 Å². The van der Waals surface area contributed by atoms with Crippen LogP contribution < -0.4 is 0 Å². The van der Waals surface area contributed by atoms with Crippen molar-refractivity contribution in [3.05, 3.63) is 41.1 Å². The lowest BCUT2D eigenvalue weighted by atomic mass is 10.2. The average molecular weight is 189 g/mol. The molecule has 2 atom stereocenters. The molecule has 1 aromatic carbocycles. The first-order valence-corrected chi connectivity index (χ1v) is 4.62. The number of terminal acetylenes is 1. The van der Waals surface area contributed by atoms with Crippen LogP contribution in [0.1, 0.15) is 12.5 Å². The molecule has 0 aliphatic rings. The first-order chi connectivity index (χ1) is 6.56. The number of benzene rings is 1. The molecule has 0 amide bonds. The van der Waals surface area contributed by atoms with Crippen LogP contribution in [0.25, 0.3) is 0 Å². The summed E-state index contributed by atoms with van der Waals surface area (Å²) in [6, 6.07) is 9.36. The summed E-state index contributed by atoms with van der Waals surface area (Å²) in [7, 11) is 1.61. The summed E-state index contributed by atoms with van der Waals surface area (Å²) in [5, 5.41) is 12.0. The Kier molecular flexibility index (Phi) is 3.29. The molecule has 0 bridgehead atoms. The van der Waals surface area contributed by atoms with Crippen molar-refractivity contribution in [2.75, 3.05) is 7.05 Å². The van der Waals surface area contributed by atoms with E-state index in [9.17, 15) is 5.21 Å². The van der Waals surface area contributed by atoms with E-state index in [0.717, 1.165) is 5.56 Å². The van der Waals surface area contributed by atoms with Crippen LogP contribution in [0.2, 0.25) is 0 Å². The number of rotatable bonds is 3. The number of nitrogens with zero attached hydrogens (tertiary/aromatic N) is 1. The molecule has 0 saturated heterocycles. The molecular weight excluding hydrogens is 174 g/mol. The third-order valence-electron chi connectivity index (χ3n) is 2.40. The van der Waals surface area contributed by atoms with Gasteiger partial charge in [-0.3, -0.25) is 0 Å². The third-order valence-corrected chi connectivity index (χ3v) is 2.40. The van der Waals surface area contributed by atoms with Gasteiger partial charge in [0.2, 0.25) is 0 Å². The quantitative estimate of drug-likeness (QED) is 0.406. The molecule has 0 spiro atoms. The normalized spacial score (nSPS) is 16.7. The van der Waals surface area contributed by atoms with Gasteiger partial charge in [0.05, 0.1) is 7.05 Å². The second-order valence-electron chi connectivity index (χ2n) is 3.66. The lowest BCUT2D eigenvalue weighted by Gasteiger charge is -2.41. The minimum Gasteiger partial charge on any atom is -0.632 e. The minimum absolute atomic E-state index is 0.310. The highest BCUT2D eigenvalue weighted by Gasteiger charge is 2.17. The first-order valence-electron chi connectivity index (χ1n) is 4.62. The van der Waals surface area contributed by atoms with Crippen molar-refractivity contribution in [2.45, 2.75) is 19.5 Å². The van der Waals surface area contributed by atoms with E-state index in [1.165, 1.54) is 0 Å². The summed E-state index contributed by atoms with van der Waals surface area (Å²) in [5.74, 6) is 2.49. The molecule has 1 rings (SSSR count). The van der Waals surface area contributed by atoms with Crippen molar-refractivity contribution < 1.29 is 4.65 Å². The fourth-order valence-corrected chi connectivity index (χ4v) is 1.24. The van der Waals surface area contributed by atoms with Crippen molar-refractivity contribution in [2.24, 2.45) is 0 Å². The van der Waals surface area contributed by atoms with E-state index >= 15 is 0 Å². The molecule has 0 fully saturated rings. The van der Waals surface area contributed by atoms with Crippen molar-refractivity contribution in [1.82, 2.24) is 0 Å². The zero-order valence-electron chi connectivity index (χ0n) is 8.60. The van der Waals surface area contributed by atoms with Crippen LogP contribution in [0.15, 0.2) is 30.3 Å². The molecular formula is C12H15NO. The van der Waals surface area contributed by atoms with Gasteiger partial charge in [-0.2, -0.15) is 0 Å². The molecule has 0 heterocycles. The maximum atomic E-state index is 12.0. The van der Waals surface area contributed by atoms with Crippen LogP contribution in [0.4, 0.5) is 0 Å². The summed E-state index contributed by atoms with van der Waals surface area (Å²) in [6.45, 7) is 2.20. The van der Waals surface area contributed by atoms with E-state index in [4.69, 9.17) is 6.42 Å². The monoisotopic (exact) mass is 189 g/mol. The van der Waals surface area contributed by atoms with Crippen LogP contribution in [0, 0.1) is 17.6 Å². The Bertz CT molecular complexity index is 324. The van der Waals surface area contributed by atoms with Crippen molar-refractivity contribution in [3.63, 3.8) is 0 Å². The highest BCUT2D eigenvalue weighted by Crippen LogP contribution is 2.13. The molecule has 0 aliphatic carbocycles. The number of hydrogen-bond acceptors (Lipinski definition) is 1. The van der Waals surface area contributed by atoms with E-state index in [0.29, 0.717) is 6.54 Å². The fraction of sp³-hybridized carbons (Fsp3) is 0.333. The third kappa shape index (κ3) is 2.59. The van der Waals surface area contributed by atoms with Gasteiger partial charge < -0.3 is 9.85 Å². The molecule has 0 radical (unpaired) electrons. The lowest BCUT2D eigenvalue weighted by molar-refractivity contribution is -0.889. The van der Waals surface area contributed by atoms with E-state index < -0.39 is 4.65 Å². The minimum atomic E-state index is -0.416. The maximum Gasteiger partial charge on any atom is 0.147 e. The van der Waals surface area contributed by atoms with E-state index in [1.807, 2.05) is 30.3 Å². The Hall–Kier alpha value is -1.30. The lowest BCUT2D eigenvalue weighted by Crippen LogP contribution is -2.43. The largest absolute Gasteiger partial charge is 0.632 e. The average Bonchev–Trinajstić information content (AvgIpc) is 2.17. The van der Waals surface area contributed by atoms with Gasteiger partial charge in [-0.25, -0.2) is 0 Å². The Morgan fingerprint density at radius 3 is 2.50 bits per heavy atom. The molecule has 2 heteroatoms. The molecule has 0 N–H and O–H groups in total. The van der Waals surface area contributed by atoms with E-state index in [2.05, 4.69) is 5.92 Å². The zero-order chi connectivity index (χ0) is 10.6. The smallest absolute Gasteiger partial charge is 0.147 e. The highest BCUT2D eigenvalue weighted by molar-refractivity contribution is 5.13. The molecule has 1 aromatic rings. The summed E-state index contributed by atoms with van der Waals surface area (Å²) in [4.78, 5) is 0. The SMILES string of the molecule is C#CC(C)[N+](C)([O-])Cc1ccccc1. The molecule has 2 unspecified atom stereocenters. The Morgan fingerprint density at radius 2 is 2.00 bits per heavy atom. The molecule has 0 saturated carbocycles. The fourth-order valence-electron chi connectivity index (χ4n) is 1.24. The number of hydrogen-bond donors (Lipinski definition) is 0. The standard InChI is InChI=1S/C12H15NO/c1-4-11(2)13(3,14)10-12-8-6-5-7-9-12/h1,5-9,11H,10H2,2-3H3. The van der Waals surface area contributed by atoms with Crippen molar-refractivity contribution in [1.29, 1.82) is 0 Å². The van der Waals surface area contributed by atoms with E-state index in [1.54, 1.807) is 14.0 Å². The predicted octanol–water partition coefficient (Wildman–Crippen LogP) is 2.15. The van der Waals surface area contributed by atoms with Crippen LogP contribution in [-0.4, -0.2) is 17.7 Å². The van der Waals surface area contributed by atoms with E-state index in [-0.39, 0.29) is 6.04 Å². The first kappa shape index (κ1) is 10.8. The van der Waals surface area contributed by atoms with Gasteiger partial charge in [0.1, 0.15) is 12.6 Å². The van der Waals surface area contributed by atoms with Gasteiger partial charge in [-0.15, -0.1) is 6.42 Å². The summed E-state index contributed by atoms with van der Waals surface area (Å²) in [5.41, 5.74) is 1.02. The molecule has 2 nitrogen and oxygen atoms in total. The second kappa shape index (κ2) is 4.28. The molecule has 14 heavy (non-hydrogen) atoms. The Labute approximate surface area is 85.3 Å². The predicted molar refractivity (Wildman–Crippen MR) is 58.0 cm³/mol. The second-order valence-corrected chi connectivity index (χ2v) is 3.66. The topological polar surface area (TPSA) is 23.1 Å². The van der Waals surface area contributed by atoms with Gasteiger partial charge in [0.15, 0.2) is 0 Å². The van der Waals surface area contributed by atoms with Crippen LogP contribution >= 0.6 is 0 Å². The number of hydroxylamine groups is 3. The van der Waals surface area contributed by atoms with Gasteiger partial charge in [0.25, 0.3) is 0 Å². The molecule has 0 aromatic heterocycles. The zero-order valence-corrected chi connectivity index (χ0v) is 8.60. The Balaban J connectivity index is 2.74.